The van der Waals surface area contributed by atoms with E-state index in [2.05, 4.69) is 0 Å². The average Bonchev–Trinajstić information content (AvgIpc) is 2.86. The minimum atomic E-state index is -2.18. The van der Waals surface area contributed by atoms with Gasteiger partial charge >= 0.3 is 0 Å². The van der Waals surface area contributed by atoms with E-state index in [4.69, 9.17) is 0 Å². The molecule has 29 heavy (non-hydrogen) atoms. The first-order valence-corrected chi connectivity index (χ1v) is 10.6. The molecule has 160 valence electrons. The summed E-state index contributed by atoms with van der Waals surface area (Å²) in [4.78, 5) is 24.6. The average molecular weight is 408 g/mol. The summed E-state index contributed by atoms with van der Waals surface area (Å²) >= 11 is 0. The number of halogens is 2. The number of carbonyl (C=O) groups is 2. The van der Waals surface area contributed by atoms with Crippen LogP contribution in [-0.2, 0) is 9.59 Å². The molecule has 0 radical (unpaired) electrons. The highest BCUT2D eigenvalue weighted by atomic mass is 19.1. The molecule has 0 aromatic carbocycles. The number of carbonyl (C=O) groups excluding carboxylic acids is 2. The molecule has 4 rings (SSSR count). The number of aliphatic hydroxyl groups is 2. The van der Waals surface area contributed by atoms with Gasteiger partial charge < -0.3 is 10.2 Å². The van der Waals surface area contributed by atoms with Crippen molar-refractivity contribution in [3.63, 3.8) is 0 Å². The van der Waals surface area contributed by atoms with Crippen LogP contribution in [0.3, 0.4) is 0 Å². The normalized spacial score (nSPS) is 53.7. The highest BCUT2D eigenvalue weighted by Crippen LogP contribution is 2.71. The van der Waals surface area contributed by atoms with Crippen LogP contribution < -0.4 is 0 Å². The lowest BCUT2D eigenvalue weighted by Gasteiger charge is -2.63. The molecule has 4 nitrogen and oxygen atoms in total. The van der Waals surface area contributed by atoms with Gasteiger partial charge in [0.05, 0.1) is 6.10 Å². The standard InChI is InChI=1S/C23H30F2O4/c1-5-18(27)23(29)12(2)8-14-15-10-17(24)16-9-13(26)6-7-20(16,3)22(15,25)19(28)11-21(14,23)4/h6-7,9,12,14-15,17,19,28-29H,5,8,10-11H2,1-4H3/t12-,14+,15+,17+,19+,20+,21+,22+,23+/m1/s1. The molecule has 0 aromatic heterocycles. The van der Waals surface area contributed by atoms with E-state index in [0.29, 0.717) is 6.42 Å². The molecule has 2 N–H and O–H groups in total. The van der Waals surface area contributed by atoms with E-state index in [9.17, 15) is 19.8 Å². The number of hydrogen-bond acceptors (Lipinski definition) is 4. The van der Waals surface area contributed by atoms with Gasteiger partial charge in [0.25, 0.3) is 0 Å². The van der Waals surface area contributed by atoms with Gasteiger partial charge in [-0.25, -0.2) is 8.78 Å². The maximum absolute atomic E-state index is 16.9. The van der Waals surface area contributed by atoms with Crippen molar-refractivity contribution in [2.45, 2.75) is 76.9 Å². The van der Waals surface area contributed by atoms with E-state index in [1.54, 1.807) is 27.7 Å². The Hall–Kier alpha value is -1.40. The summed E-state index contributed by atoms with van der Waals surface area (Å²) in [6.45, 7) is 6.76. The maximum Gasteiger partial charge on any atom is 0.178 e. The van der Waals surface area contributed by atoms with E-state index >= 15 is 8.78 Å². The van der Waals surface area contributed by atoms with Gasteiger partial charge in [0.2, 0.25) is 0 Å². The highest BCUT2D eigenvalue weighted by Gasteiger charge is 2.76. The molecule has 3 saturated carbocycles. The third-order valence-corrected chi connectivity index (χ3v) is 8.96. The molecular weight excluding hydrogens is 378 g/mol. The Morgan fingerprint density at radius 1 is 1.28 bits per heavy atom. The lowest BCUT2D eigenvalue weighted by molar-refractivity contribution is -0.223. The summed E-state index contributed by atoms with van der Waals surface area (Å²) in [7, 11) is 0. The zero-order valence-electron chi connectivity index (χ0n) is 17.4. The van der Waals surface area contributed by atoms with Gasteiger partial charge in [0.1, 0.15) is 11.8 Å². The Morgan fingerprint density at radius 2 is 1.93 bits per heavy atom. The van der Waals surface area contributed by atoms with Crippen molar-refractivity contribution in [2.75, 3.05) is 0 Å². The number of allylic oxidation sites excluding steroid dienone is 4. The fourth-order valence-electron chi connectivity index (χ4n) is 7.40. The van der Waals surface area contributed by atoms with Crippen LogP contribution in [0.5, 0.6) is 0 Å². The van der Waals surface area contributed by atoms with Crippen LogP contribution in [0, 0.1) is 28.6 Å². The molecule has 0 heterocycles. The predicted molar refractivity (Wildman–Crippen MR) is 103 cm³/mol. The van der Waals surface area contributed by atoms with Gasteiger partial charge in [0.15, 0.2) is 17.2 Å². The molecule has 0 saturated heterocycles. The number of fused-ring (bicyclic) bond motifs is 5. The summed E-state index contributed by atoms with van der Waals surface area (Å²) in [6, 6.07) is 0. The minimum Gasteiger partial charge on any atom is -0.390 e. The lowest BCUT2D eigenvalue weighted by atomic mass is 9.44. The summed E-state index contributed by atoms with van der Waals surface area (Å²) in [5.41, 5.74) is -6.25. The van der Waals surface area contributed by atoms with Crippen LogP contribution in [0.25, 0.3) is 0 Å². The Balaban J connectivity index is 1.87. The van der Waals surface area contributed by atoms with Crippen molar-refractivity contribution in [3.05, 3.63) is 23.8 Å². The molecule has 3 fully saturated rings. The molecule has 0 spiro atoms. The molecule has 0 bridgehead atoms. The third kappa shape index (κ3) is 2.20. The van der Waals surface area contributed by atoms with Crippen molar-refractivity contribution < 1.29 is 28.6 Å². The Bertz CT molecular complexity index is 837. The molecule has 0 aromatic rings. The number of rotatable bonds is 2. The Morgan fingerprint density at radius 3 is 2.55 bits per heavy atom. The fourth-order valence-corrected chi connectivity index (χ4v) is 7.40. The van der Waals surface area contributed by atoms with Crippen LogP contribution in [0.4, 0.5) is 8.78 Å². The third-order valence-electron chi connectivity index (χ3n) is 8.96. The van der Waals surface area contributed by atoms with Crippen molar-refractivity contribution in [2.24, 2.45) is 28.6 Å². The van der Waals surface area contributed by atoms with Crippen molar-refractivity contribution in [3.8, 4) is 0 Å². The van der Waals surface area contributed by atoms with Crippen LogP contribution in [0.1, 0.15) is 53.4 Å². The van der Waals surface area contributed by atoms with E-state index in [-0.39, 0.29) is 36.4 Å². The molecule has 0 amide bonds. The van der Waals surface area contributed by atoms with E-state index in [1.165, 1.54) is 12.2 Å². The van der Waals surface area contributed by atoms with E-state index < -0.39 is 52.1 Å². The van der Waals surface area contributed by atoms with Crippen LogP contribution >= 0.6 is 0 Å². The van der Waals surface area contributed by atoms with Gasteiger partial charge in [0, 0.05) is 23.2 Å². The summed E-state index contributed by atoms with van der Waals surface area (Å²) in [5.74, 6) is -2.42. The molecule has 0 unspecified atom stereocenters. The first-order chi connectivity index (χ1) is 13.4. The topological polar surface area (TPSA) is 74.6 Å². The molecular formula is C23H30F2O4. The summed E-state index contributed by atoms with van der Waals surface area (Å²) < 4.78 is 32.2. The zero-order chi connectivity index (χ0) is 21.6. The second-order valence-electron chi connectivity index (χ2n) is 10.0. The quantitative estimate of drug-likeness (QED) is 0.736. The smallest absolute Gasteiger partial charge is 0.178 e. The Kier molecular flexibility index (Phi) is 4.36. The second-order valence-corrected chi connectivity index (χ2v) is 10.0. The van der Waals surface area contributed by atoms with Gasteiger partial charge in [-0.3, -0.25) is 9.59 Å². The molecule has 4 aliphatic rings. The number of Topliss-reactive ketones (excluding diaryl/α,β-unsaturated/α-hetero) is 1. The minimum absolute atomic E-state index is 0.0809. The first kappa shape index (κ1) is 20.9. The van der Waals surface area contributed by atoms with Gasteiger partial charge in [-0.05, 0) is 55.7 Å². The highest BCUT2D eigenvalue weighted by molar-refractivity contribution is 6.01. The fraction of sp³-hybridized carbons (Fsp3) is 0.739. The van der Waals surface area contributed by atoms with Gasteiger partial charge in [-0.1, -0.05) is 26.8 Å². The number of hydrogen-bond donors (Lipinski definition) is 2. The van der Waals surface area contributed by atoms with Crippen LogP contribution in [0.2, 0.25) is 0 Å². The van der Waals surface area contributed by atoms with Gasteiger partial charge in [-0.15, -0.1) is 0 Å². The SMILES string of the molecule is CCC(=O)[C@@]1(O)[C@H](C)C[C@H]2[C@@H]3C[C@H](F)C4=CC(=O)C=C[C@]4(C)[C@@]3(F)[C@@H](O)C[C@@]21C. The summed E-state index contributed by atoms with van der Waals surface area (Å²) in [5, 5.41) is 22.7. The molecule has 9 atom stereocenters. The van der Waals surface area contributed by atoms with E-state index in [1.807, 2.05) is 0 Å². The largest absolute Gasteiger partial charge is 0.390 e. The van der Waals surface area contributed by atoms with Crippen molar-refractivity contribution in [1.29, 1.82) is 0 Å². The maximum atomic E-state index is 16.9. The second kappa shape index (κ2) is 6.07. The summed E-state index contributed by atoms with van der Waals surface area (Å²) in [6.07, 6.45) is 1.09. The molecule has 4 aliphatic carbocycles. The van der Waals surface area contributed by atoms with Crippen LogP contribution in [-0.4, -0.2) is 45.3 Å². The van der Waals surface area contributed by atoms with E-state index in [0.717, 1.165) is 6.08 Å². The predicted octanol–water partition coefficient (Wildman–Crippen LogP) is 3.26. The number of alkyl halides is 2. The van der Waals surface area contributed by atoms with Gasteiger partial charge in [-0.2, -0.15) is 0 Å². The molecule has 0 aliphatic heterocycles. The zero-order valence-corrected chi connectivity index (χ0v) is 17.4. The van der Waals surface area contributed by atoms with Crippen molar-refractivity contribution >= 4 is 11.6 Å². The lowest BCUT2D eigenvalue weighted by Crippen LogP contribution is -2.70. The first-order valence-electron chi connectivity index (χ1n) is 10.6. The van der Waals surface area contributed by atoms with Crippen molar-refractivity contribution in [1.82, 2.24) is 0 Å². The monoisotopic (exact) mass is 408 g/mol. The number of ketones is 2. The van der Waals surface area contributed by atoms with Crippen LogP contribution in [0.15, 0.2) is 23.8 Å². The molecule has 6 heteroatoms. The number of aliphatic hydroxyl groups excluding tert-OH is 1. The Labute approximate surface area is 170 Å².